The van der Waals surface area contributed by atoms with E-state index in [4.69, 9.17) is 0 Å². The van der Waals surface area contributed by atoms with Crippen molar-refractivity contribution in [2.24, 2.45) is 5.92 Å². The van der Waals surface area contributed by atoms with E-state index in [0.717, 1.165) is 6.42 Å². The van der Waals surface area contributed by atoms with Gasteiger partial charge in [-0.2, -0.15) is 0 Å². The fourth-order valence-electron chi connectivity index (χ4n) is 1.53. The second-order valence-corrected chi connectivity index (χ2v) is 3.60. The van der Waals surface area contributed by atoms with Gasteiger partial charge in [-0.05, 0) is 20.5 Å². The fourth-order valence-corrected chi connectivity index (χ4v) is 1.53. The van der Waals surface area contributed by atoms with Crippen molar-refractivity contribution in [3.8, 4) is 0 Å². The summed E-state index contributed by atoms with van der Waals surface area (Å²) in [6.45, 7) is 0.581. The minimum atomic E-state index is -0.339. The Balaban J connectivity index is 0.00000144. The molecule has 1 fully saturated rings. The van der Waals surface area contributed by atoms with Crippen molar-refractivity contribution in [3.63, 3.8) is 0 Å². The molecule has 0 spiro atoms. The first-order valence-electron chi connectivity index (χ1n) is 4.31. The van der Waals surface area contributed by atoms with Gasteiger partial charge in [0, 0.05) is 19.4 Å². The van der Waals surface area contributed by atoms with Gasteiger partial charge < -0.3 is 4.90 Å². The number of halogens is 1. The molecule has 0 aromatic heterocycles. The summed E-state index contributed by atoms with van der Waals surface area (Å²) in [6, 6.07) is 0. The number of hydrogen-bond acceptors (Lipinski definition) is 3. The zero-order valence-electron chi connectivity index (χ0n) is 8.08. The van der Waals surface area contributed by atoms with Crippen molar-refractivity contribution in [2.75, 3.05) is 20.6 Å². The first-order valence-corrected chi connectivity index (χ1v) is 4.31. The summed E-state index contributed by atoms with van der Waals surface area (Å²) in [6.07, 6.45) is 1.93. The van der Waals surface area contributed by atoms with E-state index in [1.807, 2.05) is 19.0 Å². The third-order valence-corrected chi connectivity index (χ3v) is 2.17. The Bertz CT molecular complexity index is 188. The largest absolute Gasteiger partial charge is 0.308 e. The van der Waals surface area contributed by atoms with Crippen molar-refractivity contribution in [3.05, 3.63) is 0 Å². The molecule has 1 saturated carbocycles. The van der Waals surface area contributed by atoms with E-state index in [1.54, 1.807) is 0 Å². The molecule has 4 heteroatoms. The molecule has 0 radical (unpaired) electrons. The van der Waals surface area contributed by atoms with E-state index < -0.39 is 0 Å². The molecular formula is C9H16ClNO2. The summed E-state index contributed by atoms with van der Waals surface area (Å²) in [5.74, 6) is -0.0892. The fraction of sp³-hybridized carbons (Fsp3) is 0.778. The second kappa shape index (κ2) is 5.35. The molecule has 1 rings (SSSR count). The quantitative estimate of drug-likeness (QED) is 0.629. The van der Waals surface area contributed by atoms with Gasteiger partial charge >= 0.3 is 0 Å². The van der Waals surface area contributed by atoms with Gasteiger partial charge in [-0.15, -0.1) is 12.4 Å². The van der Waals surface area contributed by atoms with Crippen LogP contribution in [0.4, 0.5) is 0 Å². The van der Waals surface area contributed by atoms with Crippen LogP contribution in [0, 0.1) is 5.92 Å². The first-order chi connectivity index (χ1) is 5.61. The third-order valence-electron chi connectivity index (χ3n) is 2.17. The van der Waals surface area contributed by atoms with Crippen molar-refractivity contribution >= 4 is 24.0 Å². The standard InChI is InChI=1S/C9H15NO2.ClH/c1-10(2)6-7-8(11)4-3-5-9(7)12;/h7H,3-6H2,1-2H3;1H. The van der Waals surface area contributed by atoms with Gasteiger partial charge in [0.25, 0.3) is 0 Å². The van der Waals surface area contributed by atoms with Crippen LogP contribution in [0.3, 0.4) is 0 Å². The maximum Gasteiger partial charge on any atom is 0.144 e. The molecular weight excluding hydrogens is 190 g/mol. The highest BCUT2D eigenvalue weighted by atomic mass is 35.5. The molecule has 13 heavy (non-hydrogen) atoms. The van der Waals surface area contributed by atoms with Gasteiger partial charge in [-0.1, -0.05) is 0 Å². The Labute approximate surface area is 84.9 Å². The van der Waals surface area contributed by atoms with Crippen molar-refractivity contribution in [1.82, 2.24) is 4.90 Å². The number of rotatable bonds is 2. The molecule has 0 bridgehead atoms. The van der Waals surface area contributed by atoms with E-state index in [2.05, 4.69) is 0 Å². The molecule has 3 nitrogen and oxygen atoms in total. The van der Waals surface area contributed by atoms with Crippen LogP contribution in [-0.4, -0.2) is 37.1 Å². The number of carbonyl (C=O) groups is 2. The van der Waals surface area contributed by atoms with Gasteiger partial charge in [0.1, 0.15) is 11.6 Å². The molecule has 0 atom stereocenters. The minimum absolute atomic E-state index is 0. The lowest BCUT2D eigenvalue weighted by atomic mass is 9.86. The van der Waals surface area contributed by atoms with Gasteiger partial charge in [0.05, 0.1) is 5.92 Å². The second-order valence-electron chi connectivity index (χ2n) is 3.60. The van der Waals surface area contributed by atoms with E-state index in [9.17, 15) is 9.59 Å². The number of nitrogens with zero attached hydrogens (tertiary/aromatic N) is 1. The molecule has 1 aliphatic rings. The summed E-state index contributed by atoms with van der Waals surface area (Å²) in [4.78, 5) is 24.5. The summed E-state index contributed by atoms with van der Waals surface area (Å²) in [7, 11) is 3.77. The van der Waals surface area contributed by atoms with Crippen molar-refractivity contribution in [1.29, 1.82) is 0 Å². The number of Topliss-reactive ketones (excluding diaryl/α,β-unsaturated/α-hetero) is 2. The Morgan fingerprint density at radius 2 is 1.69 bits per heavy atom. The summed E-state index contributed by atoms with van der Waals surface area (Å²) >= 11 is 0. The highest BCUT2D eigenvalue weighted by Gasteiger charge is 2.29. The zero-order valence-corrected chi connectivity index (χ0v) is 8.89. The highest BCUT2D eigenvalue weighted by molar-refractivity contribution is 6.04. The predicted molar refractivity (Wildman–Crippen MR) is 53.2 cm³/mol. The number of carbonyl (C=O) groups excluding carboxylic acids is 2. The maximum absolute atomic E-state index is 11.3. The molecule has 0 saturated heterocycles. The SMILES string of the molecule is CN(C)CC1C(=O)CCCC1=O.Cl. The Hall–Kier alpha value is -0.410. The molecule has 1 aliphatic carbocycles. The van der Waals surface area contributed by atoms with Crippen LogP contribution in [0.5, 0.6) is 0 Å². The summed E-state index contributed by atoms with van der Waals surface area (Å²) in [5, 5.41) is 0. The molecule has 0 unspecified atom stereocenters. The molecule has 0 aromatic carbocycles. The third kappa shape index (κ3) is 3.44. The average Bonchev–Trinajstić information content (AvgIpc) is 1.97. The van der Waals surface area contributed by atoms with Crippen LogP contribution < -0.4 is 0 Å². The van der Waals surface area contributed by atoms with Crippen molar-refractivity contribution in [2.45, 2.75) is 19.3 Å². The van der Waals surface area contributed by atoms with E-state index in [-0.39, 0.29) is 29.9 Å². The van der Waals surface area contributed by atoms with Crippen LogP contribution in [0.25, 0.3) is 0 Å². The van der Waals surface area contributed by atoms with Gasteiger partial charge in [-0.25, -0.2) is 0 Å². The molecule has 0 N–H and O–H groups in total. The van der Waals surface area contributed by atoms with E-state index >= 15 is 0 Å². The van der Waals surface area contributed by atoms with E-state index in [0.29, 0.717) is 19.4 Å². The highest BCUT2D eigenvalue weighted by Crippen LogP contribution is 2.17. The Kier molecular flexibility index (Phi) is 5.18. The van der Waals surface area contributed by atoms with E-state index in [1.165, 1.54) is 0 Å². The number of hydrogen-bond donors (Lipinski definition) is 0. The van der Waals surface area contributed by atoms with Crippen molar-refractivity contribution < 1.29 is 9.59 Å². The molecule has 76 valence electrons. The maximum atomic E-state index is 11.3. The first kappa shape index (κ1) is 12.6. The average molecular weight is 206 g/mol. The molecule has 0 heterocycles. The zero-order chi connectivity index (χ0) is 9.14. The van der Waals surface area contributed by atoms with Gasteiger partial charge in [-0.3, -0.25) is 9.59 Å². The molecule has 0 aliphatic heterocycles. The van der Waals surface area contributed by atoms with Crippen LogP contribution in [-0.2, 0) is 9.59 Å². The van der Waals surface area contributed by atoms with Crippen LogP contribution in [0.15, 0.2) is 0 Å². The summed E-state index contributed by atoms with van der Waals surface area (Å²) in [5.41, 5.74) is 0. The molecule has 0 aromatic rings. The predicted octanol–water partition coefficient (Wildman–Crippen LogP) is 0.908. The van der Waals surface area contributed by atoms with Gasteiger partial charge in [0.2, 0.25) is 0 Å². The molecule has 0 amide bonds. The van der Waals surface area contributed by atoms with Crippen LogP contribution in [0.1, 0.15) is 19.3 Å². The summed E-state index contributed by atoms with van der Waals surface area (Å²) < 4.78 is 0. The Morgan fingerprint density at radius 3 is 2.08 bits per heavy atom. The lowest BCUT2D eigenvalue weighted by molar-refractivity contribution is -0.136. The van der Waals surface area contributed by atoms with Gasteiger partial charge in [0.15, 0.2) is 0 Å². The lowest BCUT2D eigenvalue weighted by Gasteiger charge is -2.22. The number of ketones is 2. The topological polar surface area (TPSA) is 37.4 Å². The van der Waals surface area contributed by atoms with Crippen LogP contribution in [0.2, 0.25) is 0 Å². The lowest BCUT2D eigenvalue weighted by Crippen LogP contribution is -2.36. The van der Waals surface area contributed by atoms with Crippen LogP contribution >= 0.6 is 12.4 Å². The normalized spacial score (nSPS) is 19.0. The minimum Gasteiger partial charge on any atom is -0.308 e. The Morgan fingerprint density at radius 1 is 1.23 bits per heavy atom. The smallest absolute Gasteiger partial charge is 0.144 e. The monoisotopic (exact) mass is 205 g/mol.